The van der Waals surface area contributed by atoms with Crippen molar-refractivity contribution in [3.63, 3.8) is 0 Å². The number of hydrogen-bond donors (Lipinski definition) is 3. The molecule has 0 aromatic heterocycles. The minimum Gasteiger partial charge on any atom is -0.350 e. The third kappa shape index (κ3) is 7.02. The summed E-state index contributed by atoms with van der Waals surface area (Å²) < 4.78 is 0. The van der Waals surface area contributed by atoms with Gasteiger partial charge in [-0.25, -0.2) is 4.79 Å². The first-order valence-corrected chi connectivity index (χ1v) is 14.0. The molecule has 0 aliphatic carbocycles. The minimum atomic E-state index is -0.884. The first-order chi connectivity index (χ1) is 19.0. The highest BCUT2D eigenvalue weighted by Crippen LogP contribution is 2.40. The van der Waals surface area contributed by atoms with E-state index in [9.17, 15) is 14.4 Å². The maximum atomic E-state index is 14.1. The molecular formula is C32H37ClN4O3. The molecule has 40 heavy (non-hydrogen) atoms. The van der Waals surface area contributed by atoms with Crippen LogP contribution in [-0.4, -0.2) is 36.0 Å². The molecule has 0 saturated carbocycles. The van der Waals surface area contributed by atoms with Crippen molar-refractivity contribution in [1.29, 1.82) is 0 Å². The topological polar surface area (TPSA) is 90.5 Å². The SMILES string of the molecule is CCC(C)(C)NC(=O)CN1C(=O)C(NC(=O)Nc2cccc(C)c2)CC(c2ccc(Cl)cc2)c2ccc(C)cc21. The van der Waals surface area contributed by atoms with Crippen molar-refractivity contribution < 1.29 is 14.4 Å². The Bertz CT molecular complexity index is 1400. The molecule has 8 heteroatoms. The summed E-state index contributed by atoms with van der Waals surface area (Å²) in [5, 5.41) is 9.39. The number of urea groups is 1. The van der Waals surface area contributed by atoms with Gasteiger partial charge < -0.3 is 20.9 Å². The van der Waals surface area contributed by atoms with Gasteiger partial charge >= 0.3 is 6.03 Å². The fourth-order valence-electron chi connectivity index (χ4n) is 4.94. The van der Waals surface area contributed by atoms with E-state index in [1.165, 1.54) is 4.90 Å². The molecule has 7 nitrogen and oxygen atoms in total. The molecule has 1 aliphatic heterocycles. The molecule has 0 spiro atoms. The minimum absolute atomic E-state index is 0.163. The Morgan fingerprint density at radius 3 is 2.38 bits per heavy atom. The van der Waals surface area contributed by atoms with Crippen LogP contribution >= 0.6 is 11.6 Å². The van der Waals surface area contributed by atoms with Gasteiger partial charge in [0.2, 0.25) is 11.8 Å². The second-order valence-electron chi connectivity index (χ2n) is 11.1. The number of amides is 4. The van der Waals surface area contributed by atoms with E-state index in [1.54, 1.807) is 6.07 Å². The van der Waals surface area contributed by atoms with Crippen molar-refractivity contribution in [3.05, 3.63) is 94.0 Å². The van der Waals surface area contributed by atoms with Crippen LogP contribution in [0.5, 0.6) is 0 Å². The van der Waals surface area contributed by atoms with Crippen molar-refractivity contribution in [2.24, 2.45) is 0 Å². The Kier molecular flexibility index (Phi) is 8.84. The average molecular weight is 561 g/mol. The Labute approximate surface area is 241 Å². The van der Waals surface area contributed by atoms with Gasteiger partial charge in [0, 0.05) is 27.9 Å². The van der Waals surface area contributed by atoms with Crippen LogP contribution in [0.3, 0.4) is 0 Å². The van der Waals surface area contributed by atoms with Crippen LogP contribution in [0.4, 0.5) is 16.2 Å². The van der Waals surface area contributed by atoms with Gasteiger partial charge in [0.05, 0.1) is 0 Å². The number of nitrogens with one attached hydrogen (secondary N) is 3. The van der Waals surface area contributed by atoms with Crippen LogP contribution in [0.2, 0.25) is 5.02 Å². The van der Waals surface area contributed by atoms with Gasteiger partial charge in [-0.1, -0.05) is 54.9 Å². The smallest absolute Gasteiger partial charge is 0.319 e. The van der Waals surface area contributed by atoms with Crippen molar-refractivity contribution >= 4 is 40.8 Å². The quantitative estimate of drug-likeness (QED) is 0.316. The van der Waals surface area contributed by atoms with Gasteiger partial charge in [-0.3, -0.25) is 9.59 Å². The molecule has 4 amide bonds. The maximum Gasteiger partial charge on any atom is 0.319 e. The Morgan fingerprint density at radius 1 is 1.00 bits per heavy atom. The zero-order valence-electron chi connectivity index (χ0n) is 23.7. The normalized spacial score (nSPS) is 17.1. The fraction of sp³-hybridized carbons (Fsp3) is 0.344. The summed E-state index contributed by atoms with van der Waals surface area (Å²) in [6, 6.07) is 19.5. The van der Waals surface area contributed by atoms with Crippen molar-refractivity contribution in [1.82, 2.24) is 10.6 Å². The number of benzene rings is 3. The molecule has 1 aliphatic rings. The standard InChI is InChI=1S/C32H37ClN4O3/c1-6-32(4,5)36-29(38)19-37-28-17-21(3)10-15-25(28)26(22-11-13-23(33)14-12-22)18-27(30(37)39)35-31(40)34-24-9-7-8-20(2)16-24/h7-17,26-27H,6,18-19H2,1-5H3,(H,36,38)(H2,34,35,40). The highest BCUT2D eigenvalue weighted by Gasteiger charge is 2.38. The predicted octanol–water partition coefficient (Wildman–Crippen LogP) is 6.32. The third-order valence-corrected chi connectivity index (χ3v) is 7.66. The van der Waals surface area contributed by atoms with Crippen LogP contribution in [-0.2, 0) is 9.59 Å². The van der Waals surface area contributed by atoms with Crippen LogP contribution in [0.1, 0.15) is 61.8 Å². The molecule has 210 valence electrons. The van der Waals surface area contributed by atoms with Crippen LogP contribution < -0.4 is 20.9 Å². The lowest BCUT2D eigenvalue weighted by molar-refractivity contribution is -0.125. The number of carbonyl (C=O) groups is 3. The zero-order chi connectivity index (χ0) is 29.0. The first kappa shape index (κ1) is 29.2. The van der Waals surface area contributed by atoms with E-state index < -0.39 is 17.6 Å². The largest absolute Gasteiger partial charge is 0.350 e. The summed E-state index contributed by atoms with van der Waals surface area (Å²) in [6.45, 7) is 9.63. The van der Waals surface area contributed by atoms with Gasteiger partial charge in [-0.2, -0.15) is 0 Å². The third-order valence-electron chi connectivity index (χ3n) is 7.40. The van der Waals surface area contributed by atoms with Gasteiger partial charge in [-0.05, 0) is 93.1 Å². The molecule has 0 radical (unpaired) electrons. The molecular weight excluding hydrogens is 524 g/mol. The van der Waals surface area contributed by atoms with E-state index in [2.05, 4.69) is 16.0 Å². The monoisotopic (exact) mass is 560 g/mol. The van der Waals surface area contributed by atoms with Crippen LogP contribution in [0.15, 0.2) is 66.7 Å². The van der Waals surface area contributed by atoms with Gasteiger partial charge in [-0.15, -0.1) is 0 Å². The summed E-state index contributed by atoms with van der Waals surface area (Å²) in [6.07, 6.45) is 1.06. The van der Waals surface area contributed by atoms with E-state index >= 15 is 0 Å². The average Bonchev–Trinajstić information content (AvgIpc) is 2.99. The van der Waals surface area contributed by atoms with E-state index in [1.807, 2.05) is 95.3 Å². The van der Waals surface area contributed by atoms with E-state index in [0.717, 1.165) is 28.7 Å². The number of nitrogens with zero attached hydrogens (tertiary/aromatic N) is 1. The lowest BCUT2D eigenvalue weighted by Crippen LogP contribution is -2.53. The number of hydrogen-bond acceptors (Lipinski definition) is 3. The Balaban J connectivity index is 1.73. The molecule has 2 atom stereocenters. The Morgan fingerprint density at radius 2 is 1.70 bits per heavy atom. The number of aryl methyl sites for hydroxylation is 2. The number of anilines is 2. The first-order valence-electron chi connectivity index (χ1n) is 13.6. The summed E-state index contributed by atoms with van der Waals surface area (Å²) >= 11 is 6.19. The number of rotatable bonds is 7. The summed E-state index contributed by atoms with van der Waals surface area (Å²) in [5.74, 6) is -0.825. The van der Waals surface area contributed by atoms with Crippen molar-refractivity contribution in [2.75, 3.05) is 16.8 Å². The van der Waals surface area contributed by atoms with Gasteiger partial charge in [0.15, 0.2) is 0 Å². The van der Waals surface area contributed by atoms with Crippen LogP contribution in [0, 0.1) is 13.8 Å². The van der Waals surface area contributed by atoms with Gasteiger partial charge in [0.25, 0.3) is 0 Å². The van der Waals surface area contributed by atoms with Crippen LogP contribution in [0.25, 0.3) is 0 Å². The summed E-state index contributed by atoms with van der Waals surface area (Å²) in [7, 11) is 0. The molecule has 2 unspecified atom stereocenters. The second-order valence-corrected chi connectivity index (χ2v) is 11.6. The van der Waals surface area contributed by atoms with E-state index in [-0.39, 0.29) is 24.3 Å². The lowest BCUT2D eigenvalue weighted by Gasteiger charge is -2.29. The molecule has 1 heterocycles. The van der Waals surface area contributed by atoms with E-state index in [4.69, 9.17) is 11.6 Å². The molecule has 3 aromatic rings. The zero-order valence-corrected chi connectivity index (χ0v) is 24.4. The molecule has 0 fully saturated rings. The molecule has 3 aromatic carbocycles. The van der Waals surface area contributed by atoms with Crippen molar-refractivity contribution in [3.8, 4) is 0 Å². The molecule has 3 N–H and O–H groups in total. The summed E-state index contributed by atoms with van der Waals surface area (Å²) in [4.78, 5) is 42.0. The highest BCUT2D eigenvalue weighted by atomic mass is 35.5. The highest BCUT2D eigenvalue weighted by molar-refractivity contribution is 6.30. The Hall–Kier alpha value is -3.84. The van der Waals surface area contributed by atoms with E-state index in [0.29, 0.717) is 22.8 Å². The maximum absolute atomic E-state index is 14.1. The molecule has 0 saturated heterocycles. The second kappa shape index (κ2) is 12.1. The predicted molar refractivity (Wildman–Crippen MR) is 161 cm³/mol. The fourth-order valence-corrected chi connectivity index (χ4v) is 5.07. The molecule has 0 bridgehead atoms. The molecule has 4 rings (SSSR count). The number of halogens is 1. The lowest BCUT2D eigenvalue weighted by atomic mass is 9.85. The number of carbonyl (C=O) groups excluding carboxylic acids is 3. The van der Waals surface area contributed by atoms with Gasteiger partial charge in [0.1, 0.15) is 12.6 Å². The van der Waals surface area contributed by atoms with Crippen molar-refractivity contribution in [2.45, 2.75) is 65.0 Å². The number of fused-ring (bicyclic) bond motifs is 1. The summed E-state index contributed by atoms with van der Waals surface area (Å²) in [5.41, 5.74) is 4.72.